The van der Waals surface area contributed by atoms with Gasteiger partial charge in [0.15, 0.2) is 0 Å². The fraction of sp³-hybridized carbons (Fsp3) is 0. The number of rotatable bonds is 0. The molecule has 0 amide bonds. The van der Waals surface area contributed by atoms with Gasteiger partial charge in [-0.2, -0.15) is 0 Å². The molecule has 2 aromatic rings. The Morgan fingerprint density at radius 2 is 1.23 bits per heavy atom. The summed E-state index contributed by atoms with van der Waals surface area (Å²) in [5, 5.41) is 3.35. The van der Waals surface area contributed by atoms with E-state index in [1.807, 2.05) is 0 Å². The first-order valence-electron chi connectivity index (χ1n) is 4.39. The topological polar surface area (TPSA) is 12.0 Å². The highest BCUT2D eigenvalue weighted by atomic mass is 14.9. The van der Waals surface area contributed by atoms with Crippen LogP contribution in [0.1, 0.15) is 0 Å². The van der Waals surface area contributed by atoms with Crippen molar-refractivity contribution in [2.75, 3.05) is 5.32 Å². The Balaban J connectivity index is 2.36. The van der Waals surface area contributed by atoms with Crippen LogP contribution in [0.15, 0.2) is 48.5 Å². The maximum Gasteiger partial charge on any atom is 0.0390 e. The predicted molar refractivity (Wildman–Crippen MR) is 55.2 cm³/mol. The first kappa shape index (κ1) is 6.72. The van der Waals surface area contributed by atoms with Gasteiger partial charge in [-0.05, 0) is 35.4 Å². The van der Waals surface area contributed by atoms with Crippen LogP contribution in [-0.2, 0) is 0 Å². The van der Waals surface area contributed by atoms with Crippen molar-refractivity contribution in [1.82, 2.24) is 0 Å². The SMILES string of the molecule is c1cc2cc(c1)-c1cccc(c1)N2. The van der Waals surface area contributed by atoms with Crippen molar-refractivity contribution in [1.29, 1.82) is 0 Å². The molecule has 1 heteroatoms. The average Bonchev–Trinajstić information content (AvgIpc) is 2.25. The summed E-state index contributed by atoms with van der Waals surface area (Å²) in [5.41, 5.74) is 4.89. The minimum absolute atomic E-state index is 1.17. The minimum Gasteiger partial charge on any atom is -0.355 e. The van der Waals surface area contributed by atoms with Crippen LogP contribution in [0.4, 0.5) is 11.4 Å². The van der Waals surface area contributed by atoms with Crippen molar-refractivity contribution in [3.8, 4) is 11.1 Å². The quantitative estimate of drug-likeness (QED) is 0.541. The summed E-state index contributed by atoms with van der Waals surface area (Å²) in [7, 11) is 0. The Bertz CT molecular complexity index is 417. The van der Waals surface area contributed by atoms with Gasteiger partial charge in [-0.1, -0.05) is 24.3 Å². The van der Waals surface area contributed by atoms with Gasteiger partial charge in [0.05, 0.1) is 0 Å². The molecule has 4 bridgehead atoms. The van der Waals surface area contributed by atoms with Crippen LogP contribution in [0.5, 0.6) is 0 Å². The molecule has 0 radical (unpaired) electrons. The zero-order valence-corrected chi connectivity index (χ0v) is 7.12. The number of hydrogen-bond acceptors (Lipinski definition) is 1. The summed E-state index contributed by atoms with van der Waals surface area (Å²) in [5.74, 6) is 0. The molecule has 0 aromatic heterocycles. The Morgan fingerprint density at radius 1 is 0.692 bits per heavy atom. The minimum atomic E-state index is 1.17. The molecule has 62 valence electrons. The second kappa shape index (κ2) is 2.36. The van der Waals surface area contributed by atoms with Gasteiger partial charge in [-0.15, -0.1) is 0 Å². The molecule has 0 fully saturated rings. The summed E-state index contributed by atoms with van der Waals surface area (Å²) < 4.78 is 0. The molecular weight excluding hydrogens is 158 g/mol. The molecule has 2 aromatic carbocycles. The Hall–Kier alpha value is -1.76. The van der Waals surface area contributed by atoms with Gasteiger partial charge in [0.2, 0.25) is 0 Å². The van der Waals surface area contributed by atoms with E-state index in [1.165, 1.54) is 22.5 Å². The largest absolute Gasteiger partial charge is 0.355 e. The molecule has 1 nitrogen and oxygen atoms in total. The van der Waals surface area contributed by atoms with Gasteiger partial charge < -0.3 is 5.32 Å². The molecule has 0 unspecified atom stereocenters. The highest BCUT2D eigenvalue weighted by Crippen LogP contribution is 2.30. The standard InChI is InChI=1S/C12H9N/c1-3-9-7-11(5-1)13-12-6-2-4-10(9)8-12/h1-8,13H. The van der Waals surface area contributed by atoms with Gasteiger partial charge in [-0.25, -0.2) is 0 Å². The molecule has 3 rings (SSSR count). The predicted octanol–water partition coefficient (Wildman–Crippen LogP) is 3.41. The van der Waals surface area contributed by atoms with Gasteiger partial charge in [0.25, 0.3) is 0 Å². The molecule has 1 aliphatic rings. The van der Waals surface area contributed by atoms with Crippen molar-refractivity contribution >= 4 is 11.4 Å². The van der Waals surface area contributed by atoms with Crippen LogP contribution in [-0.4, -0.2) is 0 Å². The lowest BCUT2D eigenvalue weighted by molar-refractivity contribution is 1.61. The van der Waals surface area contributed by atoms with Gasteiger partial charge in [-0.3, -0.25) is 0 Å². The number of nitrogens with one attached hydrogen (secondary N) is 1. The van der Waals surface area contributed by atoms with Crippen LogP contribution in [0, 0.1) is 0 Å². The fourth-order valence-electron chi connectivity index (χ4n) is 1.72. The molecule has 1 N–H and O–H groups in total. The van der Waals surface area contributed by atoms with E-state index in [0.29, 0.717) is 0 Å². The Labute approximate surface area is 77.0 Å². The summed E-state index contributed by atoms with van der Waals surface area (Å²) in [4.78, 5) is 0. The zero-order chi connectivity index (χ0) is 8.67. The number of benzene rings is 2. The summed E-state index contributed by atoms with van der Waals surface area (Å²) >= 11 is 0. The van der Waals surface area contributed by atoms with Gasteiger partial charge >= 0.3 is 0 Å². The lowest BCUT2D eigenvalue weighted by Crippen LogP contribution is -1.85. The van der Waals surface area contributed by atoms with Crippen molar-refractivity contribution in [2.45, 2.75) is 0 Å². The highest BCUT2D eigenvalue weighted by molar-refractivity contribution is 5.77. The smallest absolute Gasteiger partial charge is 0.0390 e. The normalized spacial score (nSPS) is 11.7. The van der Waals surface area contributed by atoms with Crippen LogP contribution in [0.2, 0.25) is 0 Å². The second-order valence-electron chi connectivity index (χ2n) is 3.29. The van der Waals surface area contributed by atoms with Crippen LogP contribution in [0.25, 0.3) is 11.1 Å². The lowest BCUT2D eigenvalue weighted by Gasteiger charge is -2.01. The number of fused-ring (bicyclic) bond motifs is 5. The van der Waals surface area contributed by atoms with E-state index < -0.39 is 0 Å². The van der Waals surface area contributed by atoms with Crippen LogP contribution >= 0.6 is 0 Å². The van der Waals surface area contributed by atoms with E-state index in [0.717, 1.165) is 0 Å². The number of anilines is 2. The second-order valence-corrected chi connectivity index (χ2v) is 3.29. The first-order chi connectivity index (χ1) is 6.42. The highest BCUT2D eigenvalue weighted by Gasteiger charge is 2.05. The van der Waals surface area contributed by atoms with Gasteiger partial charge in [0.1, 0.15) is 0 Å². The van der Waals surface area contributed by atoms with Gasteiger partial charge in [0, 0.05) is 11.4 Å². The molecule has 0 saturated heterocycles. The van der Waals surface area contributed by atoms with E-state index >= 15 is 0 Å². The van der Waals surface area contributed by atoms with Crippen LogP contribution < -0.4 is 5.32 Å². The molecular formula is C12H9N. The van der Waals surface area contributed by atoms with E-state index in [9.17, 15) is 0 Å². The summed E-state index contributed by atoms with van der Waals surface area (Å²) in [6.07, 6.45) is 0. The molecule has 1 heterocycles. The maximum absolute atomic E-state index is 3.35. The lowest BCUT2D eigenvalue weighted by atomic mass is 10.1. The van der Waals surface area contributed by atoms with Crippen molar-refractivity contribution in [3.63, 3.8) is 0 Å². The Kier molecular flexibility index (Phi) is 1.22. The maximum atomic E-state index is 3.35. The average molecular weight is 167 g/mol. The first-order valence-corrected chi connectivity index (χ1v) is 4.39. The molecule has 0 spiro atoms. The molecule has 0 aliphatic carbocycles. The zero-order valence-electron chi connectivity index (χ0n) is 7.12. The number of hydrogen-bond donors (Lipinski definition) is 1. The van der Waals surface area contributed by atoms with E-state index in [4.69, 9.17) is 0 Å². The van der Waals surface area contributed by atoms with Crippen molar-refractivity contribution < 1.29 is 0 Å². The van der Waals surface area contributed by atoms with Crippen molar-refractivity contribution in [2.24, 2.45) is 0 Å². The van der Waals surface area contributed by atoms with E-state index in [2.05, 4.69) is 53.8 Å². The Morgan fingerprint density at radius 3 is 1.77 bits per heavy atom. The van der Waals surface area contributed by atoms with Crippen LogP contribution in [0.3, 0.4) is 0 Å². The summed E-state index contributed by atoms with van der Waals surface area (Å²) in [6.45, 7) is 0. The molecule has 0 saturated carbocycles. The van der Waals surface area contributed by atoms with Crippen molar-refractivity contribution in [3.05, 3.63) is 48.5 Å². The fourth-order valence-corrected chi connectivity index (χ4v) is 1.72. The van der Waals surface area contributed by atoms with E-state index in [-0.39, 0.29) is 0 Å². The molecule has 1 aliphatic heterocycles. The monoisotopic (exact) mass is 167 g/mol. The van der Waals surface area contributed by atoms with E-state index in [1.54, 1.807) is 0 Å². The third-order valence-corrected chi connectivity index (χ3v) is 2.35. The summed E-state index contributed by atoms with van der Waals surface area (Å²) in [6, 6.07) is 16.9. The molecule has 0 atom stereocenters. The third-order valence-electron chi connectivity index (χ3n) is 2.35. The molecule has 13 heavy (non-hydrogen) atoms. The third kappa shape index (κ3) is 1.01.